The summed E-state index contributed by atoms with van der Waals surface area (Å²) in [6, 6.07) is 0. The van der Waals surface area contributed by atoms with Gasteiger partial charge < -0.3 is 4.74 Å². The van der Waals surface area contributed by atoms with Crippen LogP contribution in [0.15, 0.2) is 0 Å². The molecule has 3 saturated carbocycles. The molecule has 5 unspecified atom stereocenters. The third-order valence-corrected chi connectivity index (χ3v) is 4.26. The van der Waals surface area contributed by atoms with Gasteiger partial charge in [-0.05, 0) is 43.9 Å². The van der Waals surface area contributed by atoms with Crippen molar-refractivity contribution in [3.8, 4) is 0 Å². The maximum absolute atomic E-state index is 5.82. The van der Waals surface area contributed by atoms with Crippen LogP contribution in [0.5, 0.6) is 0 Å². The molecule has 4 rings (SSSR count). The third kappa shape index (κ3) is 0.618. The lowest BCUT2D eigenvalue weighted by Gasteiger charge is -2.41. The minimum Gasteiger partial charge on any atom is -0.366 e. The summed E-state index contributed by atoms with van der Waals surface area (Å²) in [7, 11) is 0. The van der Waals surface area contributed by atoms with Gasteiger partial charge in [-0.3, -0.25) is 0 Å². The van der Waals surface area contributed by atoms with E-state index in [2.05, 4.69) is 13.8 Å². The van der Waals surface area contributed by atoms with Crippen LogP contribution in [0.1, 0.15) is 33.1 Å². The lowest BCUT2D eigenvalue weighted by molar-refractivity contribution is 0.0998. The molecule has 62 valence electrons. The molecular formula is C10H16O. The molecule has 0 aromatic carbocycles. The Labute approximate surface area is 68.1 Å². The average molecular weight is 152 g/mol. The normalized spacial score (nSPS) is 66.0. The highest BCUT2D eigenvalue weighted by Crippen LogP contribution is 2.62. The molecule has 3 aliphatic carbocycles. The van der Waals surface area contributed by atoms with Crippen molar-refractivity contribution >= 4 is 0 Å². The largest absolute Gasteiger partial charge is 0.366 e. The molecule has 0 radical (unpaired) electrons. The molecule has 1 heteroatoms. The van der Waals surface area contributed by atoms with E-state index in [9.17, 15) is 0 Å². The van der Waals surface area contributed by atoms with E-state index in [1.807, 2.05) is 0 Å². The van der Waals surface area contributed by atoms with E-state index in [0.717, 1.165) is 17.8 Å². The van der Waals surface area contributed by atoms with Crippen LogP contribution in [0.3, 0.4) is 0 Å². The molecular weight excluding hydrogens is 136 g/mol. The smallest absolute Gasteiger partial charge is 0.0953 e. The number of fused-ring (bicyclic) bond motifs is 2. The van der Waals surface area contributed by atoms with Crippen molar-refractivity contribution in [3.05, 3.63) is 0 Å². The van der Waals surface area contributed by atoms with Crippen LogP contribution in [-0.4, -0.2) is 11.7 Å². The van der Waals surface area contributed by atoms with Gasteiger partial charge in [0.2, 0.25) is 0 Å². The Morgan fingerprint density at radius 2 is 2.18 bits per heavy atom. The van der Waals surface area contributed by atoms with Crippen molar-refractivity contribution in [3.63, 3.8) is 0 Å². The number of epoxide rings is 1. The van der Waals surface area contributed by atoms with Gasteiger partial charge >= 0.3 is 0 Å². The van der Waals surface area contributed by atoms with Crippen LogP contribution in [0.2, 0.25) is 0 Å². The summed E-state index contributed by atoms with van der Waals surface area (Å²) < 4.78 is 5.82. The number of hydrogen-bond donors (Lipinski definition) is 0. The fourth-order valence-electron chi connectivity index (χ4n) is 3.67. The van der Waals surface area contributed by atoms with Crippen LogP contribution in [-0.2, 0) is 4.74 Å². The topological polar surface area (TPSA) is 12.5 Å². The van der Waals surface area contributed by atoms with Gasteiger partial charge in [-0.1, -0.05) is 6.92 Å². The van der Waals surface area contributed by atoms with Gasteiger partial charge in [0.1, 0.15) is 0 Å². The first-order valence-electron chi connectivity index (χ1n) is 4.89. The second-order valence-corrected chi connectivity index (χ2v) is 4.88. The molecule has 0 aromatic rings. The van der Waals surface area contributed by atoms with E-state index in [1.165, 1.54) is 19.3 Å². The van der Waals surface area contributed by atoms with Crippen molar-refractivity contribution in [2.24, 2.45) is 17.8 Å². The quantitative estimate of drug-likeness (QED) is 0.485. The van der Waals surface area contributed by atoms with E-state index in [-0.39, 0.29) is 0 Å². The predicted molar refractivity (Wildman–Crippen MR) is 43.3 cm³/mol. The van der Waals surface area contributed by atoms with Crippen LogP contribution >= 0.6 is 0 Å². The zero-order valence-corrected chi connectivity index (χ0v) is 7.34. The van der Waals surface area contributed by atoms with E-state index < -0.39 is 0 Å². The lowest BCUT2D eigenvalue weighted by Crippen LogP contribution is -2.42. The van der Waals surface area contributed by atoms with Gasteiger partial charge in [-0.15, -0.1) is 0 Å². The molecule has 0 amide bonds. The summed E-state index contributed by atoms with van der Waals surface area (Å²) >= 11 is 0. The molecule has 4 aliphatic rings. The Balaban J connectivity index is 1.97. The SMILES string of the molecule is CC1CC2CCC1C1(C)OC21. The van der Waals surface area contributed by atoms with Gasteiger partial charge in [0, 0.05) is 0 Å². The maximum Gasteiger partial charge on any atom is 0.0953 e. The Kier molecular flexibility index (Phi) is 0.976. The van der Waals surface area contributed by atoms with Gasteiger partial charge in [-0.2, -0.15) is 0 Å². The second kappa shape index (κ2) is 1.66. The predicted octanol–water partition coefficient (Wildman–Crippen LogP) is 2.21. The zero-order chi connectivity index (χ0) is 7.64. The molecule has 1 nitrogen and oxygen atoms in total. The minimum atomic E-state index is 0.334. The zero-order valence-electron chi connectivity index (χ0n) is 7.34. The van der Waals surface area contributed by atoms with Crippen molar-refractivity contribution in [1.82, 2.24) is 0 Å². The molecule has 1 saturated heterocycles. The summed E-state index contributed by atoms with van der Waals surface area (Å²) in [5, 5.41) is 0. The molecule has 1 heterocycles. The van der Waals surface area contributed by atoms with Crippen LogP contribution in [0, 0.1) is 17.8 Å². The summed E-state index contributed by atoms with van der Waals surface area (Å²) in [5.74, 6) is 2.73. The molecule has 5 atom stereocenters. The number of ether oxygens (including phenoxy) is 1. The lowest BCUT2D eigenvalue weighted by atomic mass is 9.61. The average Bonchev–Trinajstić information content (AvgIpc) is 2.64. The molecule has 0 aromatic heterocycles. The molecule has 1 aliphatic heterocycles. The summed E-state index contributed by atoms with van der Waals surface area (Å²) in [6.07, 6.45) is 4.97. The highest BCUT2D eigenvalue weighted by atomic mass is 16.6. The fourth-order valence-corrected chi connectivity index (χ4v) is 3.67. The monoisotopic (exact) mass is 152 g/mol. The molecule has 0 spiro atoms. The second-order valence-electron chi connectivity index (χ2n) is 4.88. The van der Waals surface area contributed by atoms with E-state index in [0.29, 0.717) is 11.7 Å². The number of hydrogen-bond acceptors (Lipinski definition) is 1. The third-order valence-electron chi connectivity index (χ3n) is 4.26. The Morgan fingerprint density at radius 1 is 1.36 bits per heavy atom. The van der Waals surface area contributed by atoms with Gasteiger partial charge in [-0.25, -0.2) is 0 Å². The Hall–Kier alpha value is -0.0400. The summed E-state index contributed by atoms with van der Waals surface area (Å²) in [4.78, 5) is 0. The van der Waals surface area contributed by atoms with Crippen molar-refractivity contribution in [2.75, 3.05) is 0 Å². The molecule has 4 fully saturated rings. The molecule has 2 bridgehead atoms. The highest BCUT2D eigenvalue weighted by Gasteiger charge is 2.66. The first-order chi connectivity index (χ1) is 5.22. The van der Waals surface area contributed by atoms with Gasteiger partial charge in [0.05, 0.1) is 11.7 Å². The Morgan fingerprint density at radius 3 is 2.73 bits per heavy atom. The van der Waals surface area contributed by atoms with Crippen molar-refractivity contribution in [2.45, 2.75) is 44.8 Å². The van der Waals surface area contributed by atoms with Crippen molar-refractivity contribution in [1.29, 1.82) is 0 Å². The Bertz CT molecular complexity index is 201. The summed E-state index contributed by atoms with van der Waals surface area (Å²) in [5.41, 5.74) is 0.334. The standard InChI is InChI=1S/C10H16O/c1-6-5-7-3-4-8(6)10(2)9(7)11-10/h6-9H,3-5H2,1-2H3. The van der Waals surface area contributed by atoms with E-state index >= 15 is 0 Å². The van der Waals surface area contributed by atoms with E-state index in [1.54, 1.807) is 0 Å². The molecule has 0 N–H and O–H groups in total. The maximum atomic E-state index is 5.82. The van der Waals surface area contributed by atoms with E-state index in [4.69, 9.17) is 4.74 Å². The fraction of sp³-hybridized carbons (Fsp3) is 1.00. The first-order valence-corrected chi connectivity index (χ1v) is 4.89. The molecule has 11 heavy (non-hydrogen) atoms. The highest BCUT2D eigenvalue weighted by molar-refractivity contribution is 5.14. The summed E-state index contributed by atoms with van der Waals surface area (Å²) in [6.45, 7) is 4.73. The number of rotatable bonds is 0. The van der Waals surface area contributed by atoms with Crippen LogP contribution in [0.25, 0.3) is 0 Å². The van der Waals surface area contributed by atoms with Crippen molar-refractivity contribution < 1.29 is 4.74 Å². The van der Waals surface area contributed by atoms with Gasteiger partial charge in [0.25, 0.3) is 0 Å². The van der Waals surface area contributed by atoms with Crippen LogP contribution < -0.4 is 0 Å². The van der Waals surface area contributed by atoms with Crippen LogP contribution in [0.4, 0.5) is 0 Å². The minimum absolute atomic E-state index is 0.334. The van der Waals surface area contributed by atoms with Gasteiger partial charge in [0.15, 0.2) is 0 Å². The first kappa shape index (κ1) is 6.47.